The predicted molar refractivity (Wildman–Crippen MR) is 117 cm³/mol. The smallest absolute Gasteiger partial charge is 0.242 e. The SMILES string of the molecule is C[C@H](C(=O)NC(C)(C)C)N(Cc1ccc(F)cc1)C(=O)CSCc1ccccc1. The highest BCUT2D eigenvalue weighted by molar-refractivity contribution is 7.99. The van der Waals surface area contributed by atoms with Gasteiger partial charge >= 0.3 is 0 Å². The molecule has 156 valence electrons. The highest BCUT2D eigenvalue weighted by Crippen LogP contribution is 2.16. The number of nitrogens with one attached hydrogen (secondary N) is 1. The fourth-order valence-electron chi connectivity index (χ4n) is 2.76. The summed E-state index contributed by atoms with van der Waals surface area (Å²) in [7, 11) is 0. The third kappa shape index (κ3) is 7.89. The standard InChI is InChI=1S/C23H29FN2O2S/c1-17(22(28)25-23(2,3)4)26(14-18-10-12-20(24)13-11-18)21(27)16-29-15-19-8-6-5-7-9-19/h5-13,17H,14-16H2,1-4H3,(H,25,28)/t17-/m1/s1. The van der Waals surface area contributed by atoms with Gasteiger partial charge in [0.1, 0.15) is 11.9 Å². The third-order valence-corrected chi connectivity index (χ3v) is 5.26. The molecule has 1 N–H and O–H groups in total. The van der Waals surface area contributed by atoms with Gasteiger partial charge in [-0.25, -0.2) is 4.39 Å². The molecule has 0 aliphatic heterocycles. The quantitative estimate of drug-likeness (QED) is 0.694. The number of carbonyl (C=O) groups excluding carboxylic acids is 2. The Hall–Kier alpha value is -2.34. The molecule has 2 aromatic carbocycles. The summed E-state index contributed by atoms with van der Waals surface area (Å²) < 4.78 is 13.2. The molecular weight excluding hydrogens is 387 g/mol. The number of hydrogen-bond donors (Lipinski definition) is 1. The molecular formula is C23H29FN2O2S. The van der Waals surface area contributed by atoms with Crippen molar-refractivity contribution in [1.82, 2.24) is 10.2 Å². The van der Waals surface area contributed by atoms with Crippen LogP contribution in [0.5, 0.6) is 0 Å². The molecule has 0 aromatic heterocycles. The summed E-state index contributed by atoms with van der Waals surface area (Å²) in [5.41, 5.74) is 1.54. The molecule has 0 fully saturated rings. The Morgan fingerprint density at radius 1 is 1.03 bits per heavy atom. The van der Waals surface area contributed by atoms with Crippen LogP contribution in [0.25, 0.3) is 0 Å². The van der Waals surface area contributed by atoms with Gasteiger partial charge in [0.15, 0.2) is 0 Å². The zero-order valence-corrected chi connectivity index (χ0v) is 18.3. The average molecular weight is 417 g/mol. The first-order valence-electron chi connectivity index (χ1n) is 9.63. The van der Waals surface area contributed by atoms with E-state index < -0.39 is 11.6 Å². The largest absolute Gasteiger partial charge is 0.350 e. The second-order valence-electron chi connectivity index (χ2n) is 8.04. The Labute approximate surface area is 176 Å². The van der Waals surface area contributed by atoms with Gasteiger partial charge in [-0.3, -0.25) is 9.59 Å². The fraction of sp³-hybridized carbons (Fsp3) is 0.391. The first-order valence-corrected chi connectivity index (χ1v) is 10.8. The summed E-state index contributed by atoms with van der Waals surface area (Å²) in [6.45, 7) is 7.69. The van der Waals surface area contributed by atoms with Gasteiger partial charge in [-0.2, -0.15) is 0 Å². The zero-order valence-electron chi connectivity index (χ0n) is 17.4. The molecule has 2 rings (SSSR count). The lowest BCUT2D eigenvalue weighted by Crippen LogP contribution is -2.52. The Bertz CT molecular complexity index is 804. The van der Waals surface area contributed by atoms with Crippen molar-refractivity contribution < 1.29 is 14.0 Å². The van der Waals surface area contributed by atoms with Crippen molar-refractivity contribution in [2.75, 3.05) is 5.75 Å². The summed E-state index contributed by atoms with van der Waals surface area (Å²) in [6, 6.07) is 15.3. The minimum Gasteiger partial charge on any atom is -0.350 e. The average Bonchev–Trinajstić information content (AvgIpc) is 2.66. The first kappa shape index (κ1) is 22.9. The Morgan fingerprint density at radius 3 is 2.24 bits per heavy atom. The molecule has 0 bridgehead atoms. The number of halogens is 1. The summed E-state index contributed by atoms with van der Waals surface area (Å²) in [5.74, 6) is 0.333. The van der Waals surface area contributed by atoms with Crippen LogP contribution >= 0.6 is 11.8 Å². The minimum absolute atomic E-state index is 0.119. The molecule has 6 heteroatoms. The van der Waals surface area contributed by atoms with Crippen LogP contribution in [0.3, 0.4) is 0 Å². The topological polar surface area (TPSA) is 49.4 Å². The van der Waals surface area contributed by atoms with Crippen molar-refractivity contribution in [3.05, 3.63) is 71.5 Å². The summed E-state index contributed by atoms with van der Waals surface area (Å²) in [4.78, 5) is 27.2. The molecule has 2 amide bonds. The third-order valence-electron chi connectivity index (χ3n) is 4.27. The Kier molecular flexibility index (Phi) is 8.26. The van der Waals surface area contributed by atoms with E-state index in [1.807, 2.05) is 51.1 Å². The first-order chi connectivity index (χ1) is 13.7. The van der Waals surface area contributed by atoms with Gasteiger partial charge in [0.05, 0.1) is 5.75 Å². The molecule has 4 nitrogen and oxygen atoms in total. The van der Waals surface area contributed by atoms with E-state index in [0.29, 0.717) is 0 Å². The van der Waals surface area contributed by atoms with E-state index in [1.54, 1.807) is 24.0 Å². The molecule has 0 heterocycles. The maximum atomic E-state index is 13.2. The van der Waals surface area contributed by atoms with Crippen LogP contribution in [0.4, 0.5) is 4.39 Å². The highest BCUT2D eigenvalue weighted by atomic mass is 32.2. The van der Waals surface area contributed by atoms with Crippen LogP contribution in [-0.4, -0.2) is 34.0 Å². The molecule has 0 unspecified atom stereocenters. The summed E-state index contributed by atoms with van der Waals surface area (Å²) >= 11 is 1.52. The zero-order chi connectivity index (χ0) is 21.4. The van der Waals surface area contributed by atoms with Gasteiger partial charge in [-0.1, -0.05) is 42.5 Å². The molecule has 0 saturated heterocycles. The molecule has 0 radical (unpaired) electrons. The van der Waals surface area contributed by atoms with Gasteiger partial charge in [0.2, 0.25) is 11.8 Å². The van der Waals surface area contributed by atoms with Gasteiger partial charge in [0.25, 0.3) is 0 Å². The minimum atomic E-state index is -0.635. The summed E-state index contributed by atoms with van der Waals surface area (Å²) in [6.07, 6.45) is 0. The maximum absolute atomic E-state index is 13.2. The molecule has 0 saturated carbocycles. The van der Waals surface area contributed by atoms with Gasteiger partial charge in [-0.05, 0) is 51.0 Å². The number of carbonyl (C=O) groups is 2. The Balaban J connectivity index is 2.08. The van der Waals surface area contributed by atoms with E-state index in [9.17, 15) is 14.0 Å². The lowest BCUT2D eigenvalue weighted by molar-refractivity contribution is -0.139. The van der Waals surface area contributed by atoms with E-state index in [0.717, 1.165) is 16.9 Å². The predicted octanol–water partition coefficient (Wildman–Crippen LogP) is 4.39. The number of benzene rings is 2. The summed E-state index contributed by atoms with van der Waals surface area (Å²) in [5, 5.41) is 2.93. The van der Waals surface area contributed by atoms with Crippen molar-refractivity contribution in [3.63, 3.8) is 0 Å². The monoisotopic (exact) mass is 416 g/mol. The van der Waals surface area contributed by atoms with Crippen LogP contribution in [0.15, 0.2) is 54.6 Å². The van der Waals surface area contributed by atoms with Crippen LogP contribution in [0.2, 0.25) is 0 Å². The van der Waals surface area contributed by atoms with E-state index in [4.69, 9.17) is 0 Å². The van der Waals surface area contributed by atoms with E-state index in [2.05, 4.69) is 5.32 Å². The molecule has 0 aliphatic rings. The lowest BCUT2D eigenvalue weighted by atomic mass is 10.1. The number of hydrogen-bond acceptors (Lipinski definition) is 3. The Morgan fingerprint density at radius 2 is 1.66 bits per heavy atom. The van der Waals surface area contributed by atoms with Crippen molar-refractivity contribution in [2.45, 2.75) is 51.6 Å². The van der Waals surface area contributed by atoms with Gasteiger partial charge in [0, 0.05) is 17.8 Å². The molecule has 29 heavy (non-hydrogen) atoms. The molecule has 0 aliphatic carbocycles. The van der Waals surface area contributed by atoms with Crippen molar-refractivity contribution in [1.29, 1.82) is 0 Å². The lowest BCUT2D eigenvalue weighted by Gasteiger charge is -2.31. The van der Waals surface area contributed by atoms with Crippen molar-refractivity contribution in [3.8, 4) is 0 Å². The number of nitrogens with zero attached hydrogens (tertiary/aromatic N) is 1. The normalized spacial score (nSPS) is 12.3. The van der Waals surface area contributed by atoms with Crippen molar-refractivity contribution in [2.24, 2.45) is 0 Å². The van der Waals surface area contributed by atoms with Crippen LogP contribution in [0, 0.1) is 5.82 Å². The van der Waals surface area contributed by atoms with E-state index in [-0.39, 0.29) is 29.9 Å². The van der Waals surface area contributed by atoms with Gasteiger partial charge in [-0.15, -0.1) is 11.8 Å². The number of thioether (sulfide) groups is 1. The fourth-order valence-corrected chi connectivity index (χ4v) is 3.63. The van der Waals surface area contributed by atoms with Crippen LogP contribution < -0.4 is 5.32 Å². The van der Waals surface area contributed by atoms with Crippen molar-refractivity contribution >= 4 is 23.6 Å². The van der Waals surface area contributed by atoms with Crippen LogP contribution in [-0.2, 0) is 21.9 Å². The molecule has 2 aromatic rings. The molecule has 0 spiro atoms. The highest BCUT2D eigenvalue weighted by Gasteiger charge is 2.28. The second kappa shape index (κ2) is 10.4. The molecule has 1 atom stereocenters. The van der Waals surface area contributed by atoms with E-state index in [1.165, 1.54) is 23.9 Å². The van der Waals surface area contributed by atoms with Crippen LogP contribution in [0.1, 0.15) is 38.8 Å². The maximum Gasteiger partial charge on any atom is 0.242 e. The number of rotatable bonds is 8. The number of amides is 2. The van der Waals surface area contributed by atoms with E-state index >= 15 is 0 Å². The second-order valence-corrected chi connectivity index (χ2v) is 9.03. The van der Waals surface area contributed by atoms with Gasteiger partial charge < -0.3 is 10.2 Å².